The molecule has 2 N–H and O–H groups in total. The number of benzene rings is 1. The smallest absolute Gasteiger partial charge is 0.252 e. The lowest BCUT2D eigenvalue weighted by Crippen LogP contribution is -2.47. The maximum absolute atomic E-state index is 13.2. The van der Waals surface area contributed by atoms with Gasteiger partial charge in [0.1, 0.15) is 0 Å². The normalized spacial score (nSPS) is 19.2. The van der Waals surface area contributed by atoms with Gasteiger partial charge in [-0.1, -0.05) is 11.6 Å². The number of carbonyl (C=O) groups excluding carboxylic acids is 1. The number of piperidine rings is 1. The van der Waals surface area contributed by atoms with Gasteiger partial charge in [-0.25, -0.2) is 0 Å². The Balaban J connectivity index is 1.60. The second-order valence-electron chi connectivity index (χ2n) is 8.26. The van der Waals surface area contributed by atoms with Gasteiger partial charge in [0.15, 0.2) is 0 Å². The third-order valence-corrected chi connectivity index (χ3v) is 5.96. The number of pyridine rings is 1. The number of nitrogens with one attached hydrogen (secondary N) is 2. The van der Waals surface area contributed by atoms with Crippen LogP contribution < -0.4 is 10.6 Å². The van der Waals surface area contributed by atoms with Gasteiger partial charge in [0.05, 0.1) is 17.7 Å². The van der Waals surface area contributed by atoms with Gasteiger partial charge >= 0.3 is 0 Å². The molecule has 0 bridgehead atoms. The Bertz CT molecular complexity index is 833. The first-order valence-electron chi connectivity index (χ1n) is 9.99. The number of rotatable bonds is 6. The van der Waals surface area contributed by atoms with Crippen LogP contribution in [0.4, 0.5) is 0 Å². The number of ether oxygens (including phenoxy) is 1. The van der Waals surface area contributed by atoms with Crippen LogP contribution in [0.3, 0.4) is 0 Å². The zero-order valence-corrected chi connectivity index (χ0v) is 16.3. The van der Waals surface area contributed by atoms with E-state index in [1.807, 2.05) is 12.1 Å². The first kappa shape index (κ1) is 18.4. The Hall–Kier alpha value is -1.98. The zero-order chi connectivity index (χ0) is 18.9. The first-order valence-corrected chi connectivity index (χ1v) is 9.99. The minimum absolute atomic E-state index is 0.00362. The van der Waals surface area contributed by atoms with Crippen LogP contribution in [0.2, 0.25) is 0 Å². The number of methoxy groups -OCH3 is 1. The topological polar surface area (TPSA) is 63.2 Å². The maximum Gasteiger partial charge on any atom is 0.252 e. The van der Waals surface area contributed by atoms with Crippen LogP contribution in [0, 0.1) is 12.3 Å². The lowest BCUT2D eigenvalue weighted by atomic mass is 9.79. The number of amides is 1. The van der Waals surface area contributed by atoms with E-state index >= 15 is 0 Å². The van der Waals surface area contributed by atoms with Crippen LogP contribution in [0.25, 0.3) is 10.9 Å². The SMILES string of the molecule is COCC1(CNC(=O)c2cc(C3CC3)nc3ccc(C)cc23)CCNCC1. The molecule has 0 radical (unpaired) electrons. The second kappa shape index (κ2) is 7.56. The number of carbonyl (C=O) groups is 1. The summed E-state index contributed by atoms with van der Waals surface area (Å²) in [6.07, 6.45) is 4.39. The molecule has 1 aliphatic heterocycles. The van der Waals surface area contributed by atoms with E-state index in [-0.39, 0.29) is 11.3 Å². The molecule has 1 amide bonds. The van der Waals surface area contributed by atoms with Crippen molar-refractivity contribution in [2.24, 2.45) is 5.41 Å². The second-order valence-corrected chi connectivity index (χ2v) is 8.26. The van der Waals surface area contributed by atoms with E-state index in [0.717, 1.165) is 53.7 Å². The Morgan fingerprint density at radius 2 is 2.07 bits per heavy atom. The lowest BCUT2D eigenvalue weighted by Gasteiger charge is -2.37. The van der Waals surface area contributed by atoms with Gasteiger partial charge in [0.25, 0.3) is 5.91 Å². The number of fused-ring (bicyclic) bond motifs is 1. The molecule has 1 aromatic carbocycles. The molecule has 1 aromatic heterocycles. The fraction of sp³-hybridized carbons (Fsp3) is 0.545. The molecule has 27 heavy (non-hydrogen) atoms. The van der Waals surface area contributed by atoms with E-state index in [9.17, 15) is 4.79 Å². The third kappa shape index (κ3) is 3.99. The van der Waals surface area contributed by atoms with Crippen LogP contribution in [-0.4, -0.2) is 44.2 Å². The van der Waals surface area contributed by atoms with E-state index in [1.54, 1.807) is 7.11 Å². The molecule has 0 spiro atoms. The Morgan fingerprint density at radius 1 is 1.30 bits per heavy atom. The van der Waals surface area contributed by atoms with Crippen molar-refractivity contribution in [1.82, 2.24) is 15.6 Å². The van der Waals surface area contributed by atoms with Crippen molar-refractivity contribution in [3.63, 3.8) is 0 Å². The highest BCUT2D eigenvalue weighted by molar-refractivity contribution is 6.06. The fourth-order valence-corrected chi connectivity index (χ4v) is 4.13. The third-order valence-electron chi connectivity index (χ3n) is 5.96. The van der Waals surface area contributed by atoms with Crippen molar-refractivity contribution in [1.29, 1.82) is 0 Å². The fourth-order valence-electron chi connectivity index (χ4n) is 4.13. The van der Waals surface area contributed by atoms with Crippen LogP contribution in [0.1, 0.15) is 53.2 Å². The summed E-state index contributed by atoms with van der Waals surface area (Å²) in [5, 5.41) is 7.56. The Morgan fingerprint density at radius 3 is 2.78 bits per heavy atom. The van der Waals surface area contributed by atoms with E-state index in [0.29, 0.717) is 19.1 Å². The highest BCUT2D eigenvalue weighted by Crippen LogP contribution is 2.40. The van der Waals surface area contributed by atoms with Gasteiger partial charge in [0, 0.05) is 36.1 Å². The molecule has 0 atom stereocenters. The summed E-state index contributed by atoms with van der Waals surface area (Å²) in [4.78, 5) is 18.0. The van der Waals surface area contributed by atoms with Crippen molar-refractivity contribution in [3.8, 4) is 0 Å². The van der Waals surface area contributed by atoms with Crippen LogP contribution in [0.15, 0.2) is 24.3 Å². The minimum atomic E-state index is 0.00362. The van der Waals surface area contributed by atoms with Gasteiger partial charge < -0.3 is 15.4 Å². The standard InChI is InChI=1S/C22H29N3O2/c1-15-3-6-19-17(11-15)18(12-20(25-19)16-4-5-16)21(26)24-13-22(14-27-2)7-9-23-10-8-22/h3,6,11-12,16,23H,4-5,7-10,13-14H2,1-2H3,(H,24,26). The Kier molecular flexibility index (Phi) is 5.15. The van der Waals surface area contributed by atoms with Crippen molar-refractivity contribution in [3.05, 3.63) is 41.1 Å². The molecular weight excluding hydrogens is 338 g/mol. The molecule has 1 aliphatic carbocycles. The van der Waals surface area contributed by atoms with Gasteiger partial charge in [-0.15, -0.1) is 0 Å². The van der Waals surface area contributed by atoms with Crippen LogP contribution in [0.5, 0.6) is 0 Å². The molecule has 2 heterocycles. The molecule has 2 fully saturated rings. The first-order chi connectivity index (χ1) is 13.1. The average Bonchev–Trinajstić information content (AvgIpc) is 3.52. The van der Waals surface area contributed by atoms with Gasteiger partial charge in [-0.3, -0.25) is 9.78 Å². The largest absolute Gasteiger partial charge is 0.384 e. The number of aryl methyl sites for hydroxylation is 1. The number of nitrogens with zero attached hydrogens (tertiary/aromatic N) is 1. The molecule has 1 saturated heterocycles. The average molecular weight is 367 g/mol. The van der Waals surface area contributed by atoms with Crippen molar-refractivity contribution in [2.75, 3.05) is 33.4 Å². The molecule has 4 rings (SSSR count). The quantitative estimate of drug-likeness (QED) is 0.823. The molecule has 0 unspecified atom stereocenters. The molecule has 2 aliphatic rings. The number of hydrogen-bond acceptors (Lipinski definition) is 4. The highest BCUT2D eigenvalue weighted by atomic mass is 16.5. The molecular formula is C22H29N3O2. The number of hydrogen-bond donors (Lipinski definition) is 2. The predicted octanol–water partition coefficient (Wildman–Crippen LogP) is 3.17. The molecule has 144 valence electrons. The van der Waals surface area contributed by atoms with Crippen molar-refractivity contribution >= 4 is 16.8 Å². The van der Waals surface area contributed by atoms with Gasteiger partial charge in [-0.05, 0) is 63.9 Å². The van der Waals surface area contributed by atoms with Gasteiger partial charge in [0.2, 0.25) is 0 Å². The summed E-state index contributed by atoms with van der Waals surface area (Å²) >= 11 is 0. The summed E-state index contributed by atoms with van der Waals surface area (Å²) in [5.74, 6) is 0.524. The molecule has 2 aromatic rings. The summed E-state index contributed by atoms with van der Waals surface area (Å²) in [5.41, 5.74) is 3.90. The van der Waals surface area contributed by atoms with Crippen LogP contribution in [-0.2, 0) is 4.74 Å². The lowest BCUT2D eigenvalue weighted by molar-refractivity contribution is 0.0512. The van der Waals surface area contributed by atoms with Crippen LogP contribution >= 0.6 is 0 Å². The summed E-state index contributed by atoms with van der Waals surface area (Å²) in [6.45, 7) is 5.33. The molecule has 5 nitrogen and oxygen atoms in total. The predicted molar refractivity (Wildman–Crippen MR) is 107 cm³/mol. The summed E-state index contributed by atoms with van der Waals surface area (Å²) in [7, 11) is 1.74. The van der Waals surface area contributed by atoms with E-state index in [1.165, 1.54) is 12.8 Å². The minimum Gasteiger partial charge on any atom is -0.384 e. The molecule has 5 heteroatoms. The molecule has 1 saturated carbocycles. The summed E-state index contributed by atoms with van der Waals surface area (Å²) < 4.78 is 5.48. The van der Waals surface area contributed by atoms with Crippen molar-refractivity contribution < 1.29 is 9.53 Å². The Labute approximate surface area is 160 Å². The number of aromatic nitrogens is 1. The summed E-state index contributed by atoms with van der Waals surface area (Å²) in [6, 6.07) is 8.19. The van der Waals surface area contributed by atoms with Crippen molar-refractivity contribution in [2.45, 2.75) is 38.5 Å². The maximum atomic E-state index is 13.2. The van der Waals surface area contributed by atoms with E-state index in [2.05, 4.69) is 29.7 Å². The van der Waals surface area contributed by atoms with E-state index < -0.39 is 0 Å². The highest BCUT2D eigenvalue weighted by Gasteiger charge is 2.33. The monoisotopic (exact) mass is 367 g/mol. The van der Waals surface area contributed by atoms with E-state index in [4.69, 9.17) is 9.72 Å². The zero-order valence-electron chi connectivity index (χ0n) is 16.3. The van der Waals surface area contributed by atoms with Gasteiger partial charge in [-0.2, -0.15) is 0 Å².